The Morgan fingerprint density at radius 2 is 1.62 bits per heavy atom. The fourth-order valence-electron chi connectivity index (χ4n) is 5.93. The Bertz CT molecular complexity index is 1570. The molecule has 0 aliphatic carbocycles. The number of carbonyl (C=O) groups excluding carboxylic acids is 4. The molecule has 1 aliphatic heterocycles. The molecule has 1 aliphatic rings. The van der Waals surface area contributed by atoms with Gasteiger partial charge in [-0.25, -0.2) is 9.78 Å². The minimum atomic E-state index is -0.986. The van der Waals surface area contributed by atoms with Gasteiger partial charge in [0, 0.05) is 31.6 Å². The van der Waals surface area contributed by atoms with E-state index in [0.717, 1.165) is 34.5 Å². The number of carbonyl (C=O) groups is 4. The van der Waals surface area contributed by atoms with Crippen molar-refractivity contribution in [2.75, 3.05) is 52.7 Å². The number of ether oxygens (including phenoxy) is 5. The van der Waals surface area contributed by atoms with E-state index in [2.05, 4.69) is 34.8 Å². The molecule has 1 aromatic heterocycles. The van der Waals surface area contributed by atoms with Crippen LogP contribution in [-0.2, 0) is 39.9 Å². The number of hydrogen-bond acceptors (Lipinski definition) is 12. The molecule has 3 rings (SSSR count). The van der Waals surface area contributed by atoms with Crippen molar-refractivity contribution in [2.45, 2.75) is 118 Å². The van der Waals surface area contributed by atoms with E-state index in [9.17, 15) is 24.3 Å². The number of aliphatic hydroxyl groups excluding tert-OH is 1. The molecule has 0 spiro atoms. The summed E-state index contributed by atoms with van der Waals surface area (Å²) in [6.07, 6.45) is 0.316. The fraction of sp³-hybridized carbons (Fsp3) is 0.675. The lowest BCUT2D eigenvalue weighted by Crippen LogP contribution is -2.58. The highest BCUT2D eigenvalue weighted by atomic mass is 32.1. The molecule has 2 aromatic rings. The molecular formula is C40H63N5O10S. The molecule has 56 heavy (non-hydrogen) atoms. The first kappa shape index (κ1) is 46.6. The summed E-state index contributed by atoms with van der Waals surface area (Å²) in [7, 11) is 0. The summed E-state index contributed by atoms with van der Waals surface area (Å²) in [6.45, 7) is 18.3. The number of aliphatic hydroxyl groups is 1. The topological polar surface area (TPSA) is 187 Å². The zero-order valence-corrected chi connectivity index (χ0v) is 35.3. The maximum Gasteiger partial charge on any atom is 0.407 e. The van der Waals surface area contributed by atoms with Gasteiger partial charge in [0.1, 0.15) is 30.0 Å². The molecule has 0 saturated carbocycles. The van der Waals surface area contributed by atoms with E-state index in [1.54, 1.807) is 32.1 Å². The second-order valence-electron chi connectivity index (χ2n) is 15.8. The number of alkyl carbamates (subject to hydrolysis) is 1. The number of rotatable bonds is 21. The van der Waals surface area contributed by atoms with Gasteiger partial charge in [-0.2, -0.15) is 0 Å². The molecule has 4 N–H and O–H groups in total. The first-order valence-electron chi connectivity index (χ1n) is 19.4. The Balaban J connectivity index is 1.50. The minimum absolute atomic E-state index is 0.00221. The second-order valence-corrected chi connectivity index (χ2v) is 16.7. The second kappa shape index (κ2) is 22.2. The van der Waals surface area contributed by atoms with Crippen molar-refractivity contribution < 1.29 is 48.0 Å². The standard InChI is InChI=1S/C40H63N5O10S/c1-10-30(11-2)54-32-20-27(34-26(3)43-25-56-34)12-13-28(32)22-42-36(48)31-21-29(46)23-45(31)37(49)35(39(4,5)6)44-33(47)24-53-19-18-52-17-16-51-15-14-41-38(50)55-40(7,8)9/h12-13,20,25,29-31,35,46H,10-11,14-19,21-24H2,1-9H3,(H,41,50)(H,42,48)(H,44,47)/t29-,31+,35-/m1/s1. The van der Waals surface area contributed by atoms with Gasteiger partial charge in [-0.15, -0.1) is 11.3 Å². The maximum absolute atomic E-state index is 14.0. The number of nitrogens with one attached hydrogen (secondary N) is 3. The van der Waals surface area contributed by atoms with Crippen LogP contribution in [0.2, 0.25) is 0 Å². The summed E-state index contributed by atoms with van der Waals surface area (Å²) < 4.78 is 27.9. The van der Waals surface area contributed by atoms with Crippen LogP contribution in [0.4, 0.5) is 4.79 Å². The van der Waals surface area contributed by atoms with E-state index < -0.39 is 53.0 Å². The number of nitrogens with zero attached hydrogens (tertiary/aromatic N) is 2. The molecule has 15 nitrogen and oxygen atoms in total. The monoisotopic (exact) mass is 805 g/mol. The summed E-state index contributed by atoms with van der Waals surface area (Å²) in [4.78, 5) is 59.1. The van der Waals surface area contributed by atoms with Gasteiger partial charge < -0.3 is 49.6 Å². The normalized spacial score (nSPS) is 16.4. The Hall–Kier alpha value is -3.83. The van der Waals surface area contributed by atoms with E-state index >= 15 is 0 Å². The molecule has 0 radical (unpaired) electrons. The van der Waals surface area contributed by atoms with Crippen molar-refractivity contribution in [1.82, 2.24) is 25.8 Å². The maximum atomic E-state index is 14.0. The molecule has 0 unspecified atom stereocenters. The smallest absolute Gasteiger partial charge is 0.407 e. The molecule has 4 amide bonds. The van der Waals surface area contributed by atoms with Crippen LogP contribution in [-0.4, -0.2) is 121 Å². The molecule has 1 saturated heterocycles. The first-order chi connectivity index (χ1) is 26.4. The van der Waals surface area contributed by atoms with Gasteiger partial charge >= 0.3 is 6.09 Å². The highest BCUT2D eigenvalue weighted by Crippen LogP contribution is 2.33. The summed E-state index contributed by atoms with van der Waals surface area (Å²) in [5.74, 6) is -0.699. The van der Waals surface area contributed by atoms with E-state index in [4.69, 9.17) is 23.7 Å². The van der Waals surface area contributed by atoms with Crippen molar-refractivity contribution >= 4 is 35.2 Å². The zero-order valence-electron chi connectivity index (χ0n) is 34.5. The fourth-order valence-corrected chi connectivity index (χ4v) is 6.74. The van der Waals surface area contributed by atoms with E-state index in [1.165, 1.54) is 4.90 Å². The number of thiazole rings is 1. The summed E-state index contributed by atoms with van der Waals surface area (Å²) in [5, 5.41) is 19.0. The zero-order chi connectivity index (χ0) is 41.5. The van der Waals surface area contributed by atoms with Crippen molar-refractivity contribution in [3.05, 3.63) is 35.0 Å². The molecule has 1 aromatic carbocycles. The van der Waals surface area contributed by atoms with Gasteiger partial charge in [-0.3, -0.25) is 14.4 Å². The van der Waals surface area contributed by atoms with Gasteiger partial charge in [0.2, 0.25) is 17.7 Å². The largest absolute Gasteiger partial charge is 0.490 e. The predicted octanol–water partition coefficient (Wildman–Crippen LogP) is 4.37. The summed E-state index contributed by atoms with van der Waals surface area (Å²) in [5.41, 5.74) is 3.22. The number of amides is 4. The van der Waals surface area contributed by atoms with Gasteiger partial charge in [-0.05, 0) is 57.6 Å². The van der Waals surface area contributed by atoms with E-state index in [0.29, 0.717) is 32.1 Å². The van der Waals surface area contributed by atoms with Gasteiger partial charge in [0.05, 0.1) is 61.3 Å². The highest BCUT2D eigenvalue weighted by molar-refractivity contribution is 7.13. The van der Waals surface area contributed by atoms with E-state index in [-0.39, 0.29) is 45.4 Å². The quantitative estimate of drug-likeness (QED) is 0.131. The third-order valence-corrected chi connectivity index (χ3v) is 9.88. The molecule has 3 atom stereocenters. The summed E-state index contributed by atoms with van der Waals surface area (Å²) in [6, 6.07) is 3.99. The van der Waals surface area contributed by atoms with Crippen LogP contribution in [0.25, 0.3) is 10.4 Å². The number of benzene rings is 1. The average Bonchev–Trinajstić information content (AvgIpc) is 3.74. The van der Waals surface area contributed by atoms with Gasteiger partial charge in [-0.1, -0.05) is 46.8 Å². The Morgan fingerprint density at radius 1 is 0.964 bits per heavy atom. The van der Waals surface area contributed by atoms with Crippen LogP contribution in [0.1, 0.15) is 85.9 Å². The summed E-state index contributed by atoms with van der Waals surface area (Å²) >= 11 is 1.55. The third-order valence-electron chi connectivity index (χ3n) is 8.91. The van der Waals surface area contributed by atoms with Crippen LogP contribution < -0.4 is 20.7 Å². The molecule has 1 fully saturated rings. The molecular weight excluding hydrogens is 743 g/mol. The predicted molar refractivity (Wildman–Crippen MR) is 213 cm³/mol. The Labute approximate surface area is 335 Å². The SMILES string of the molecule is CCC(CC)Oc1cc(-c2scnc2C)ccc1CNC(=O)[C@@H]1C[C@@H](O)CN1C(=O)[C@@H](NC(=O)COCCOCCOCCNC(=O)OC(C)(C)C)C(C)(C)C. The van der Waals surface area contributed by atoms with Crippen LogP contribution in [0.3, 0.4) is 0 Å². The van der Waals surface area contributed by atoms with Gasteiger partial charge in [0.25, 0.3) is 0 Å². The highest BCUT2D eigenvalue weighted by Gasteiger charge is 2.44. The molecule has 0 bridgehead atoms. The average molecular weight is 806 g/mol. The number of aryl methyl sites for hydroxylation is 1. The van der Waals surface area contributed by atoms with E-state index in [1.807, 2.05) is 51.4 Å². The van der Waals surface area contributed by atoms with Crippen LogP contribution in [0.15, 0.2) is 23.7 Å². The lowest BCUT2D eigenvalue weighted by atomic mass is 9.85. The molecule has 314 valence electrons. The third kappa shape index (κ3) is 15.3. The van der Waals surface area contributed by atoms with Crippen LogP contribution >= 0.6 is 11.3 Å². The molecule has 2 heterocycles. The van der Waals surface area contributed by atoms with Crippen LogP contribution in [0.5, 0.6) is 5.75 Å². The first-order valence-corrected chi connectivity index (χ1v) is 20.3. The lowest BCUT2D eigenvalue weighted by Gasteiger charge is -2.35. The van der Waals surface area contributed by atoms with Gasteiger partial charge in [0.15, 0.2) is 0 Å². The van der Waals surface area contributed by atoms with Crippen molar-refractivity contribution in [1.29, 1.82) is 0 Å². The van der Waals surface area contributed by atoms with Crippen molar-refractivity contribution in [3.8, 4) is 16.2 Å². The van der Waals surface area contributed by atoms with Crippen LogP contribution in [0, 0.1) is 12.3 Å². The number of likely N-dealkylation sites (tertiary alicyclic amines) is 1. The molecule has 16 heteroatoms. The van der Waals surface area contributed by atoms with Crippen molar-refractivity contribution in [3.63, 3.8) is 0 Å². The lowest BCUT2D eigenvalue weighted by molar-refractivity contribution is -0.144. The number of aromatic nitrogens is 1. The minimum Gasteiger partial charge on any atom is -0.490 e. The Kier molecular flexibility index (Phi) is 18.5. The Morgan fingerprint density at radius 3 is 2.23 bits per heavy atom. The number of β-amino-alcohol motifs (C(OH)–C–C–N with tert-alkyl or cyclic N) is 1. The van der Waals surface area contributed by atoms with Crippen molar-refractivity contribution in [2.24, 2.45) is 5.41 Å². The number of hydrogen-bond donors (Lipinski definition) is 4.